The Balaban J connectivity index is 1.51. The Morgan fingerprint density at radius 1 is 1.28 bits per heavy atom. The van der Waals surface area contributed by atoms with E-state index in [1.54, 1.807) is 0 Å². The number of carbonyl (C=O) groups is 1. The van der Waals surface area contributed by atoms with Crippen molar-refractivity contribution in [1.29, 1.82) is 0 Å². The molecule has 0 aliphatic carbocycles. The van der Waals surface area contributed by atoms with E-state index in [1.165, 1.54) is 5.75 Å². The summed E-state index contributed by atoms with van der Waals surface area (Å²) in [5.41, 5.74) is 1.06. The number of hydrogen-bond acceptors (Lipinski definition) is 6. The van der Waals surface area contributed by atoms with Crippen LogP contribution in [-0.4, -0.2) is 71.5 Å². The average Bonchev–Trinajstić information content (AvgIpc) is 2.88. The summed E-state index contributed by atoms with van der Waals surface area (Å²) in [6.07, 6.45) is 5.08. The molecule has 2 saturated heterocycles. The van der Waals surface area contributed by atoms with E-state index in [2.05, 4.69) is 21.3 Å². The van der Waals surface area contributed by atoms with Crippen LogP contribution < -0.4 is 10.2 Å². The third kappa shape index (κ3) is 5.20. The molecule has 3 heterocycles. The van der Waals surface area contributed by atoms with E-state index < -0.39 is 0 Å². The van der Waals surface area contributed by atoms with Crippen LogP contribution in [0.2, 0.25) is 0 Å². The number of thioether (sulfide) groups is 2. The van der Waals surface area contributed by atoms with Crippen molar-refractivity contribution in [3.8, 4) is 0 Å². The van der Waals surface area contributed by atoms with Crippen LogP contribution in [0.1, 0.15) is 19.3 Å². The van der Waals surface area contributed by atoms with Crippen molar-refractivity contribution < 1.29 is 4.79 Å². The van der Waals surface area contributed by atoms with Gasteiger partial charge in [-0.05, 0) is 31.4 Å². The van der Waals surface area contributed by atoms with Gasteiger partial charge in [-0.25, -0.2) is 4.98 Å². The highest BCUT2D eigenvalue weighted by atomic mass is 32.2. The average molecular weight is 381 g/mol. The Morgan fingerprint density at radius 2 is 2.16 bits per heavy atom. The topological polar surface area (TPSA) is 48.5 Å². The normalized spacial score (nSPS) is 24.5. The molecule has 2 atom stereocenters. The van der Waals surface area contributed by atoms with Crippen LogP contribution in [0.4, 0.5) is 11.5 Å². The highest BCUT2D eigenvalue weighted by molar-refractivity contribution is 8.07. The molecule has 1 aromatic heterocycles. The molecule has 3 rings (SSSR count). The van der Waals surface area contributed by atoms with E-state index in [0.29, 0.717) is 11.9 Å². The Kier molecular flexibility index (Phi) is 6.76. The minimum atomic E-state index is 0.172. The van der Waals surface area contributed by atoms with Gasteiger partial charge >= 0.3 is 0 Å². The second kappa shape index (κ2) is 9.03. The minimum Gasteiger partial charge on any atom is -0.381 e. The van der Waals surface area contributed by atoms with Crippen LogP contribution >= 0.6 is 23.5 Å². The zero-order chi connectivity index (χ0) is 17.6. The van der Waals surface area contributed by atoms with Crippen LogP contribution in [0, 0.1) is 0 Å². The van der Waals surface area contributed by atoms with E-state index in [1.807, 2.05) is 54.8 Å². The van der Waals surface area contributed by atoms with Gasteiger partial charge in [0.2, 0.25) is 5.91 Å². The van der Waals surface area contributed by atoms with Gasteiger partial charge in [-0.1, -0.05) is 0 Å². The summed E-state index contributed by atoms with van der Waals surface area (Å²) in [5, 5.41) is 3.77. The first-order valence-corrected chi connectivity index (χ1v) is 11.2. The summed E-state index contributed by atoms with van der Waals surface area (Å²) in [6.45, 7) is 1.76. The Morgan fingerprint density at radius 3 is 2.84 bits per heavy atom. The smallest absolute Gasteiger partial charge is 0.236 e. The largest absolute Gasteiger partial charge is 0.381 e. The number of pyridine rings is 1. The number of nitrogens with one attached hydrogen (secondary N) is 1. The number of likely N-dealkylation sites (tertiary alicyclic amines) is 1. The van der Waals surface area contributed by atoms with Crippen molar-refractivity contribution in [2.24, 2.45) is 0 Å². The molecule has 138 valence electrons. The fraction of sp³-hybridized carbons (Fsp3) is 0.667. The van der Waals surface area contributed by atoms with Gasteiger partial charge in [-0.2, -0.15) is 11.8 Å². The second-order valence-electron chi connectivity index (χ2n) is 6.83. The number of carbonyl (C=O) groups excluding carboxylic acids is 1. The maximum Gasteiger partial charge on any atom is 0.236 e. The number of rotatable bonds is 4. The van der Waals surface area contributed by atoms with E-state index in [4.69, 9.17) is 0 Å². The van der Waals surface area contributed by atoms with Gasteiger partial charge in [-0.15, -0.1) is 11.8 Å². The molecular weight excluding hydrogens is 352 g/mol. The highest BCUT2D eigenvalue weighted by Crippen LogP contribution is 2.27. The lowest BCUT2D eigenvalue weighted by molar-refractivity contribution is -0.130. The van der Waals surface area contributed by atoms with Crippen LogP contribution in [0.5, 0.6) is 0 Å². The van der Waals surface area contributed by atoms with Crippen LogP contribution in [0.3, 0.4) is 0 Å². The van der Waals surface area contributed by atoms with Crippen LogP contribution in [0.25, 0.3) is 0 Å². The Hall–Kier alpha value is -1.08. The molecule has 1 aromatic rings. The van der Waals surface area contributed by atoms with Crippen molar-refractivity contribution in [2.45, 2.75) is 30.6 Å². The lowest BCUT2D eigenvalue weighted by Gasteiger charge is -2.28. The number of hydrogen-bond donors (Lipinski definition) is 1. The van der Waals surface area contributed by atoms with Crippen molar-refractivity contribution in [1.82, 2.24) is 9.88 Å². The molecule has 0 saturated carbocycles. The summed E-state index contributed by atoms with van der Waals surface area (Å²) in [7, 11) is 3.99. The molecular formula is C18H28N4OS2. The maximum absolute atomic E-state index is 12.7. The van der Waals surface area contributed by atoms with Crippen molar-refractivity contribution in [2.75, 3.05) is 54.7 Å². The zero-order valence-corrected chi connectivity index (χ0v) is 16.7. The predicted molar refractivity (Wildman–Crippen MR) is 110 cm³/mol. The van der Waals surface area contributed by atoms with Gasteiger partial charge in [-0.3, -0.25) is 4.79 Å². The monoisotopic (exact) mass is 380 g/mol. The molecule has 2 aliphatic rings. The molecule has 0 spiro atoms. The van der Waals surface area contributed by atoms with E-state index in [0.717, 1.165) is 55.4 Å². The van der Waals surface area contributed by atoms with E-state index in [-0.39, 0.29) is 5.25 Å². The molecule has 1 N–H and O–H groups in total. The third-order valence-corrected chi connectivity index (χ3v) is 7.45. The maximum atomic E-state index is 12.7. The summed E-state index contributed by atoms with van der Waals surface area (Å²) in [5.74, 6) is 4.59. The van der Waals surface area contributed by atoms with Gasteiger partial charge in [0.15, 0.2) is 0 Å². The quantitative estimate of drug-likeness (QED) is 0.867. The number of aromatic nitrogens is 1. The SMILES string of the molecule is CN(C)c1ccc(N[C@@H]2CCCN(C(=O)[C@H]3CSCCS3)CC2)cn1. The molecule has 5 nitrogen and oxygen atoms in total. The number of nitrogens with zero attached hydrogens (tertiary/aromatic N) is 3. The zero-order valence-electron chi connectivity index (χ0n) is 15.1. The first-order valence-electron chi connectivity index (χ1n) is 9.01. The molecule has 2 fully saturated rings. The van der Waals surface area contributed by atoms with Crippen molar-refractivity contribution in [3.63, 3.8) is 0 Å². The fourth-order valence-corrected chi connectivity index (χ4v) is 5.90. The summed E-state index contributed by atoms with van der Waals surface area (Å²) < 4.78 is 0. The molecule has 0 bridgehead atoms. The van der Waals surface area contributed by atoms with Gasteiger partial charge in [0.25, 0.3) is 0 Å². The van der Waals surface area contributed by atoms with Gasteiger partial charge in [0.05, 0.1) is 17.1 Å². The fourth-order valence-electron chi connectivity index (χ4n) is 3.27. The van der Waals surface area contributed by atoms with Crippen LogP contribution in [-0.2, 0) is 4.79 Å². The number of amides is 1. The molecule has 7 heteroatoms. The van der Waals surface area contributed by atoms with Gasteiger partial charge in [0, 0.05) is 50.5 Å². The summed E-state index contributed by atoms with van der Waals surface area (Å²) >= 11 is 3.75. The Labute approximate surface area is 159 Å². The molecule has 0 unspecified atom stereocenters. The lowest BCUT2D eigenvalue weighted by atomic mass is 10.1. The van der Waals surface area contributed by atoms with Crippen molar-refractivity contribution >= 4 is 40.9 Å². The minimum absolute atomic E-state index is 0.172. The highest BCUT2D eigenvalue weighted by Gasteiger charge is 2.28. The van der Waals surface area contributed by atoms with Crippen LogP contribution in [0.15, 0.2) is 18.3 Å². The van der Waals surface area contributed by atoms with Gasteiger partial charge < -0.3 is 15.1 Å². The summed E-state index contributed by atoms with van der Waals surface area (Å²) in [6, 6.07) is 4.54. The molecule has 2 aliphatic heterocycles. The molecule has 0 radical (unpaired) electrons. The van der Waals surface area contributed by atoms with Crippen molar-refractivity contribution in [3.05, 3.63) is 18.3 Å². The molecule has 25 heavy (non-hydrogen) atoms. The number of anilines is 2. The van der Waals surface area contributed by atoms with E-state index >= 15 is 0 Å². The third-order valence-electron chi connectivity index (χ3n) is 4.71. The molecule has 1 amide bonds. The standard InChI is InChI=1S/C18H28N4OS2/c1-21(2)17-6-5-15(12-19-17)20-14-4-3-8-22(9-7-14)18(23)16-13-24-10-11-25-16/h5-6,12,14,16,20H,3-4,7-11,13H2,1-2H3/t14-,16-/m1/s1. The lowest BCUT2D eigenvalue weighted by Crippen LogP contribution is -2.41. The molecule has 0 aromatic carbocycles. The van der Waals surface area contributed by atoms with E-state index in [9.17, 15) is 4.79 Å². The first kappa shape index (κ1) is 18.7. The first-order chi connectivity index (χ1) is 12.1. The predicted octanol–water partition coefficient (Wildman–Crippen LogP) is 2.79. The van der Waals surface area contributed by atoms with Gasteiger partial charge in [0.1, 0.15) is 5.82 Å². The Bertz CT molecular complexity index is 561. The second-order valence-corrected chi connectivity index (χ2v) is 9.29. The summed E-state index contributed by atoms with van der Waals surface area (Å²) in [4.78, 5) is 21.3.